The van der Waals surface area contributed by atoms with E-state index in [1.54, 1.807) is 0 Å². The van der Waals surface area contributed by atoms with Gasteiger partial charge in [-0.25, -0.2) is 4.98 Å². The lowest BCUT2D eigenvalue weighted by Crippen LogP contribution is -2.37. The molecule has 5 heteroatoms. The molecule has 1 amide bonds. The van der Waals surface area contributed by atoms with E-state index < -0.39 is 5.54 Å². The molecule has 0 aliphatic heterocycles. The van der Waals surface area contributed by atoms with Gasteiger partial charge in [-0.2, -0.15) is 0 Å². The Balaban J connectivity index is 1.55. The molecule has 1 fully saturated rings. The van der Waals surface area contributed by atoms with Gasteiger partial charge in [-0.3, -0.25) is 4.79 Å². The smallest absolute Gasteiger partial charge is 0.246 e. The van der Waals surface area contributed by atoms with Gasteiger partial charge >= 0.3 is 0 Å². The van der Waals surface area contributed by atoms with Crippen molar-refractivity contribution >= 4 is 22.4 Å². The first-order valence-corrected chi connectivity index (χ1v) is 8.20. The van der Waals surface area contributed by atoms with Crippen molar-refractivity contribution in [2.45, 2.75) is 37.6 Å². The molecule has 1 aromatic carbocycles. The molecule has 1 heterocycles. The van der Waals surface area contributed by atoms with Gasteiger partial charge in [0.15, 0.2) is 5.13 Å². The molecule has 2 aliphatic carbocycles. The van der Waals surface area contributed by atoms with Gasteiger partial charge in [-0.1, -0.05) is 12.1 Å². The summed E-state index contributed by atoms with van der Waals surface area (Å²) >= 11 is 1.45. The van der Waals surface area contributed by atoms with E-state index in [0.717, 1.165) is 30.5 Å². The fourth-order valence-corrected chi connectivity index (χ4v) is 3.49. The van der Waals surface area contributed by atoms with Crippen LogP contribution in [0.25, 0.3) is 11.3 Å². The van der Waals surface area contributed by atoms with Crippen molar-refractivity contribution in [2.75, 3.05) is 5.32 Å². The number of nitrogens with one attached hydrogen (secondary N) is 1. The van der Waals surface area contributed by atoms with Gasteiger partial charge in [0.2, 0.25) is 5.91 Å². The lowest BCUT2D eigenvalue weighted by atomic mass is 10.1. The van der Waals surface area contributed by atoms with Crippen LogP contribution in [0.15, 0.2) is 23.6 Å². The van der Waals surface area contributed by atoms with Crippen molar-refractivity contribution in [1.29, 1.82) is 0 Å². The van der Waals surface area contributed by atoms with Crippen LogP contribution in [0.5, 0.6) is 0 Å². The molecule has 108 valence electrons. The number of amides is 1. The van der Waals surface area contributed by atoms with Gasteiger partial charge in [0, 0.05) is 10.9 Å². The molecule has 2 aliphatic rings. The van der Waals surface area contributed by atoms with Crippen molar-refractivity contribution < 1.29 is 4.79 Å². The van der Waals surface area contributed by atoms with Crippen molar-refractivity contribution in [1.82, 2.24) is 4.98 Å². The zero-order valence-corrected chi connectivity index (χ0v) is 12.5. The monoisotopic (exact) mass is 299 g/mol. The first-order chi connectivity index (χ1) is 10.1. The van der Waals surface area contributed by atoms with Gasteiger partial charge < -0.3 is 11.1 Å². The van der Waals surface area contributed by atoms with E-state index in [1.807, 2.05) is 5.38 Å². The van der Waals surface area contributed by atoms with Crippen LogP contribution in [0.3, 0.4) is 0 Å². The van der Waals surface area contributed by atoms with Crippen LogP contribution in [0.2, 0.25) is 0 Å². The van der Waals surface area contributed by atoms with E-state index in [9.17, 15) is 4.79 Å². The van der Waals surface area contributed by atoms with Gasteiger partial charge in [0.25, 0.3) is 0 Å². The zero-order chi connectivity index (χ0) is 14.4. The summed E-state index contributed by atoms with van der Waals surface area (Å²) in [4.78, 5) is 16.4. The standard InChI is InChI=1S/C16H17N3OS/c17-16(6-7-16)14(20)19-15-18-13(9-21-15)12-5-4-10-2-1-3-11(10)8-12/h4-5,8-9H,1-3,6-7,17H2,(H,18,19,20). The van der Waals surface area contributed by atoms with Crippen LogP contribution in [0.4, 0.5) is 5.13 Å². The van der Waals surface area contributed by atoms with Crippen LogP contribution in [0, 0.1) is 0 Å². The SMILES string of the molecule is NC1(C(=O)Nc2nc(-c3ccc4c(c3)CCC4)cs2)CC1. The summed E-state index contributed by atoms with van der Waals surface area (Å²) in [5, 5.41) is 5.45. The third-order valence-electron chi connectivity index (χ3n) is 4.36. The van der Waals surface area contributed by atoms with E-state index in [0.29, 0.717) is 5.13 Å². The summed E-state index contributed by atoms with van der Waals surface area (Å²) in [6.45, 7) is 0. The van der Waals surface area contributed by atoms with Crippen LogP contribution in [-0.2, 0) is 17.6 Å². The summed E-state index contributed by atoms with van der Waals surface area (Å²) in [5.41, 5.74) is 10.2. The predicted octanol–water partition coefficient (Wildman–Crippen LogP) is 2.73. The number of nitrogens with zero attached hydrogens (tertiary/aromatic N) is 1. The maximum absolute atomic E-state index is 11.9. The van der Waals surface area contributed by atoms with Crippen LogP contribution >= 0.6 is 11.3 Å². The molecule has 4 rings (SSSR count). The molecule has 0 atom stereocenters. The number of fused-ring (bicyclic) bond motifs is 1. The van der Waals surface area contributed by atoms with Crippen LogP contribution < -0.4 is 11.1 Å². The number of aromatic nitrogens is 1. The number of benzene rings is 1. The Morgan fingerprint density at radius 2 is 2.10 bits per heavy atom. The fourth-order valence-electron chi connectivity index (χ4n) is 2.78. The lowest BCUT2D eigenvalue weighted by Gasteiger charge is -2.06. The number of carbonyl (C=O) groups is 1. The van der Waals surface area contributed by atoms with Gasteiger partial charge in [0.05, 0.1) is 11.2 Å². The Bertz CT molecular complexity index is 718. The number of anilines is 1. The molecule has 1 saturated carbocycles. The van der Waals surface area contributed by atoms with Gasteiger partial charge in [-0.15, -0.1) is 11.3 Å². The van der Waals surface area contributed by atoms with Crippen molar-refractivity contribution in [3.8, 4) is 11.3 Å². The third-order valence-corrected chi connectivity index (χ3v) is 5.12. The predicted molar refractivity (Wildman–Crippen MR) is 84.4 cm³/mol. The summed E-state index contributed by atoms with van der Waals surface area (Å²) in [6, 6.07) is 6.55. The van der Waals surface area contributed by atoms with E-state index in [4.69, 9.17) is 5.73 Å². The Morgan fingerprint density at radius 1 is 1.29 bits per heavy atom. The van der Waals surface area contributed by atoms with Gasteiger partial charge in [-0.05, 0) is 49.3 Å². The summed E-state index contributed by atoms with van der Waals surface area (Å²) in [5.74, 6) is -0.114. The molecular weight excluding hydrogens is 282 g/mol. The number of carbonyl (C=O) groups excluding carboxylic acids is 1. The first-order valence-electron chi connectivity index (χ1n) is 7.32. The van der Waals surface area contributed by atoms with Crippen molar-refractivity contribution in [2.24, 2.45) is 5.73 Å². The Hall–Kier alpha value is -1.72. The molecule has 1 aromatic heterocycles. The third kappa shape index (κ3) is 2.36. The number of hydrogen-bond acceptors (Lipinski definition) is 4. The Morgan fingerprint density at radius 3 is 2.90 bits per heavy atom. The van der Waals surface area contributed by atoms with E-state index in [-0.39, 0.29) is 5.91 Å². The molecule has 4 nitrogen and oxygen atoms in total. The van der Waals surface area contributed by atoms with E-state index in [2.05, 4.69) is 28.5 Å². The molecule has 2 aromatic rings. The second-order valence-corrected chi connectivity index (χ2v) is 6.84. The minimum atomic E-state index is -0.653. The van der Waals surface area contributed by atoms with E-state index in [1.165, 1.54) is 35.3 Å². The van der Waals surface area contributed by atoms with Crippen molar-refractivity contribution in [3.63, 3.8) is 0 Å². The minimum Gasteiger partial charge on any atom is -0.317 e. The van der Waals surface area contributed by atoms with Crippen LogP contribution in [0.1, 0.15) is 30.4 Å². The number of nitrogens with two attached hydrogens (primary N) is 1. The largest absolute Gasteiger partial charge is 0.317 e. The number of rotatable bonds is 3. The maximum atomic E-state index is 11.9. The Labute approximate surface area is 127 Å². The topological polar surface area (TPSA) is 68.0 Å². The normalized spacial score (nSPS) is 18.3. The number of aryl methyl sites for hydroxylation is 2. The molecule has 0 saturated heterocycles. The quantitative estimate of drug-likeness (QED) is 0.915. The highest BCUT2D eigenvalue weighted by Gasteiger charge is 2.46. The van der Waals surface area contributed by atoms with Crippen LogP contribution in [-0.4, -0.2) is 16.4 Å². The van der Waals surface area contributed by atoms with E-state index >= 15 is 0 Å². The minimum absolute atomic E-state index is 0.114. The zero-order valence-electron chi connectivity index (χ0n) is 11.7. The number of thiazole rings is 1. The second-order valence-electron chi connectivity index (χ2n) is 5.99. The average Bonchev–Trinajstić information content (AvgIpc) is 2.93. The summed E-state index contributed by atoms with van der Waals surface area (Å²) in [6.07, 6.45) is 5.12. The fraction of sp³-hybridized carbons (Fsp3) is 0.375. The molecule has 21 heavy (non-hydrogen) atoms. The highest BCUT2D eigenvalue weighted by Crippen LogP contribution is 2.34. The molecule has 0 bridgehead atoms. The maximum Gasteiger partial charge on any atom is 0.246 e. The molecular formula is C16H17N3OS. The Kier molecular flexibility index (Phi) is 2.87. The molecule has 0 radical (unpaired) electrons. The highest BCUT2D eigenvalue weighted by molar-refractivity contribution is 7.14. The second kappa shape index (κ2) is 4.64. The molecule has 0 unspecified atom stereocenters. The first kappa shape index (κ1) is 13.0. The number of hydrogen-bond donors (Lipinski definition) is 2. The van der Waals surface area contributed by atoms with Crippen molar-refractivity contribution in [3.05, 3.63) is 34.7 Å². The summed E-state index contributed by atoms with van der Waals surface area (Å²) < 4.78 is 0. The average molecular weight is 299 g/mol. The van der Waals surface area contributed by atoms with Gasteiger partial charge in [0.1, 0.15) is 0 Å². The molecule has 3 N–H and O–H groups in total. The molecule has 0 spiro atoms. The lowest BCUT2D eigenvalue weighted by molar-refractivity contribution is -0.118. The highest BCUT2D eigenvalue weighted by atomic mass is 32.1. The summed E-state index contributed by atoms with van der Waals surface area (Å²) in [7, 11) is 0.